The number of nitrogens with zero attached hydrogens (tertiary/aromatic N) is 2. The lowest BCUT2D eigenvalue weighted by molar-refractivity contribution is -0.143. The Kier molecular flexibility index (Phi) is 5.91. The molecule has 0 aromatic heterocycles. The number of halogens is 1. The summed E-state index contributed by atoms with van der Waals surface area (Å²) >= 11 is 0. The predicted octanol–water partition coefficient (Wildman–Crippen LogP) is 2.25. The smallest absolute Gasteiger partial charge is 0.227 e. The maximum atomic E-state index is 13.4. The van der Waals surface area contributed by atoms with Gasteiger partial charge >= 0.3 is 0 Å². The third-order valence-corrected chi connectivity index (χ3v) is 5.57. The maximum Gasteiger partial charge on any atom is 0.227 e. The number of amides is 2. The van der Waals surface area contributed by atoms with Gasteiger partial charge in [0.15, 0.2) is 0 Å². The Labute approximate surface area is 154 Å². The van der Waals surface area contributed by atoms with E-state index in [-0.39, 0.29) is 29.5 Å². The molecule has 2 saturated heterocycles. The molecule has 6 heteroatoms. The summed E-state index contributed by atoms with van der Waals surface area (Å²) in [6.45, 7) is 3.25. The Balaban J connectivity index is 1.64. The predicted molar refractivity (Wildman–Crippen MR) is 96.0 cm³/mol. The van der Waals surface area contributed by atoms with Gasteiger partial charge in [-0.3, -0.25) is 9.59 Å². The third kappa shape index (κ3) is 4.41. The van der Waals surface area contributed by atoms with E-state index in [0.29, 0.717) is 38.2 Å². The number of rotatable bonds is 5. The number of piperidine rings is 2. The lowest BCUT2D eigenvalue weighted by atomic mass is 9.73. The zero-order valence-corrected chi connectivity index (χ0v) is 15.4. The molecule has 142 valence electrons. The summed E-state index contributed by atoms with van der Waals surface area (Å²) in [5, 5.41) is 0. The van der Waals surface area contributed by atoms with E-state index in [9.17, 15) is 14.0 Å². The number of carbonyl (C=O) groups excluding carboxylic acids is 2. The van der Waals surface area contributed by atoms with Crippen molar-refractivity contribution in [1.82, 2.24) is 9.80 Å². The molecule has 3 rings (SSSR count). The Morgan fingerprint density at radius 2 is 2.15 bits per heavy atom. The Morgan fingerprint density at radius 1 is 1.31 bits per heavy atom. The largest absolute Gasteiger partial charge is 0.383 e. The van der Waals surface area contributed by atoms with Gasteiger partial charge in [-0.05, 0) is 37.0 Å². The summed E-state index contributed by atoms with van der Waals surface area (Å²) < 4.78 is 18.5. The molecule has 2 aliphatic heterocycles. The molecule has 0 N–H and O–H groups in total. The van der Waals surface area contributed by atoms with Crippen LogP contribution in [0.15, 0.2) is 24.3 Å². The highest BCUT2D eigenvalue weighted by Crippen LogP contribution is 2.39. The maximum absolute atomic E-state index is 13.4. The van der Waals surface area contributed by atoms with Crippen LogP contribution in [-0.2, 0) is 20.7 Å². The summed E-state index contributed by atoms with van der Waals surface area (Å²) in [4.78, 5) is 28.7. The van der Waals surface area contributed by atoms with Crippen molar-refractivity contribution < 1.29 is 18.7 Å². The molecular formula is C20H27FN2O3. The van der Waals surface area contributed by atoms with Gasteiger partial charge in [-0.2, -0.15) is 0 Å². The first-order valence-corrected chi connectivity index (χ1v) is 9.30. The second kappa shape index (κ2) is 8.16. The van der Waals surface area contributed by atoms with E-state index in [0.717, 1.165) is 25.8 Å². The highest BCUT2D eigenvalue weighted by molar-refractivity contribution is 5.79. The van der Waals surface area contributed by atoms with Crippen molar-refractivity contribution in [2.45, 2.75) is 32.1 Å². The molecule has 1 spiro atoms. The van der Waals surface area contributed by atoms with Crippen molar-refractivity contribution in [1.29, 1.82) is 0 Å². The van der Waals surface area contributed by atoms with Crippen LogP contribution in [0, 0.1) is 11.2 Å². The summed E-state index contributed by atoms with van der Waals surface area (Å²) in [5.41, 5.74) is 0.687. The van der Waals surface area contributed by atoms with Crippen LogP contribution < -0.4 is 0 Å². The van der Waals surface area contributed by atoms with E-state index in [2.05, 4.69) is 0 Å². The van der Waals surface area contributed by atoms with Crippen LogP contribution in [0.1, 0.15) is 31.2 Å². The van der Waals surface area contributed by atoms with Crippen molar-refractivity contribution in [3.8, 4) is 0 Å². The zero-order valence-electron chi connectivity index (χ0n) is 15.4. The van der Waals surface area contributed by atoms with Gasteiger partial charge < -0.3 is 14.5 Å². The Hall–Kier alpha value is -1.95. The molecule has 2 aliphatic rings. The van der Waals surface area contributed by atoms with Gasteiger partial charge in [-0.1, -0.05) is 12.1 Å². The number of methoxy groups -OCH3 is 1. The minimum atomic E-state index is -0.315. The second-order valence-corrected chi connectivity index (χ2v) is 7.53. The number of benzene rings is 1. The van der Waals surface area contributed by atoms with Gasteiger partial charge in [0.05, 0.1) is 13.0 Å². The van der Waals surface area contributed by atoms with Gasteiger partial charge in [0, 0.05) is 45.1 Å². The van der Waals surface area contributed by atoms with Crippen molar-refractivity contribution in [2.24, 2.45) is 5.41 Å². The van der Waals surface area contributed by atoms with E-state index in [1.54, 1.807) is 19.2 Å². The summed E-state index contributed by atoms with van der Waals surface area (Å²) in [7, 11) is 1.64. The van der Waals surface area contributed by atoms with Gasteiger partial charge in [0.1, 0.15) is 5.82 Å². The molecular weight excluding hydrogens is 335 g/mol. The minimum Gasteiger partial charge on any atom is -0.383 e. The molecule has 0 radical (unpaired) electrons. The number of carbonyl (C=O) groups is 2. The van der Waals surface area contributed by atoms with Gasteiger partial charge in [0.2, 0.25) is 11.8 Å². The third-order valence-electron chi connectivity index (χ3n) is 5.57. The molecule has 26 heavy (non-hydrogen) atoms. The van der Waals surface area contributed by atoms with Crippen LogP contribution in [-0.4, -0.2) is 61.5 Å². The quantitative estimate of drug-likeness (QED) is 0.807. The summed E-state index contributed by atoms with van der Waals surface area (Å²) in [5.74, 6) is -0.101. The van der Waals surface area contributed by atoms with Gasteiger partial charge in [-0.25, -0.2) is 4.39 Å². The number of hydrogen-bond acceptors (Lipinski definition) is 3. The first-order valence-electron chi connectivity index (χ1n) is 9.30. The average Bonchev–Trinajstić information content (AvgIpc) is 2.63. The molecule has 2 fully saturated rings. The first kappa shape index (κ1) is 18.8. The van der Waals surface area contributed by atoms with E-state index in [4.69, 9.17) is 4.74 Å². The van der Waals surface area contributed by atoms with Crippen molar-refractivity contribution in [2.75, 3.05) is 39.9 Å². The van der Waals surface area contributed by atoms with Crippen LogP contribution in [0.3, 0.4) is 0 Å². The molecule has 0 bridgehead atoms. The lowest BCUT2D eigenvalue weighted by Gasteiger charge is -2.48. The molecule has 1 aromatic rings. The van der Waals surface area contributed by atoms with E-state index in [1.165, 1.54) is 12.1 Å². The van der Waals surface area contributed by atoms with Crippen molar-refractivity contribution in [3.63, 3.8) is 0 Å². The zero-order chi connectivity index (χ0) is 18.6. The Bertz CT molecular complexity index is 666. The van der Waals surface area contributed by atoms with Crippen molar-refractivity contribution >= 4 is 11.8 Å². The van der Waals surface area contributed by atoms with E-state index in [1.807, 2.05) is 9.80 Å². The van der Waals surface area contributed by atoms with Gasteiger partial charge in [0.25, 0.3) is 0 Å². The normalized spacial score (nSPS) is 23.5. The highest BCUT2D eigenvalue weighted by atomic mass is 19.1. The number of hydrogen-bond donors (Lipinski definition) is 0. The van der Waals surface area contributed by atoms with Crippen molar-refractivity contribution in [3.05, 3.63) is 35.6 Å². The molecule has 1 atom stereocenters. The highest BCUT2D eigenvalue weighted by Gasteiger charge is 2.42. The molecule has 0 unspecified atom stereocenters. The molecule has 2 amide bonds. The molecule has 0 aliphatic carbocycles. The SMILES string of the molecule is COCCN1C[C@@]2(CCCN(C(=O)Cc3cccc(F)c3)C2)CCC1=O. The lowest BCUT2D eigenvalue weighted by Crippen LogP contribution is -2.55. The first-order chi connectivity index (χ1) is 12.5. The number of likely N-dealkylation sites (tertiary alicyclic amines) is 2. The fourth-order valence-electron chi connectivity index (χ4n) is 4.19. The van der Waals surface area contributed by atoms with E-state index >= 15 is 0 Å². The van der Waals surface area contributed by atoms with Crippen LogP contribution in [0.25, 0.3) is 0 Å². The molecule has 5 nitrogen and oxygen atoms in total. The van der Waals surface area contributed by atoms with Crippen LogP contribution in [0.5, 0.6) is 0 Å². The molecule has 1 aromatic carbocycles. The monoisotopic (exact) mass is 362 g/mol. The van der Waals surface area contributed by atoms with E-state index < -0.39 is 0 Å². The second-order valence-electron chi connectivity index (χ2n) is 7.53. The average molecular weight is 362 g/mol. The number of ether oxygens (including phenoxy) is 1. The molecule has 0 saturated carbocycles. The Morgan fingerprint density at radius 3 is 2.92 bits per heavy atom. The van der Waals surface area contributed by atoms with Crippen LogP contribution in [0.4, 0.5) is 4.39 Å². The summed E-state index contributed by atoms with van der Waals surface area (Å²) in [6.07, 6.45) is 3.57. The van der Waals surface area contributed by atoms with Crippen LogP contribution in [0.2, 0.25) is 0 Å². The van der Waals surface area contributed by atoms with Gasteiger partial charge in [-0.15, -0.1) is 0 Å². The van der Waals surface area contributed by atoms with Crippen LogP contribution >= 0.6 is 0 Å². The topological polar surface area (TPSA) is 49.9 Å². The fourth-order valence-corrected chi connectivity index (χ4v) is 4.19. The summed E-state index contributed by atoms with van der Waals surface area (Å²) in [6, 6.07) is 6.23. The molecule has 2 heterocycles. The minimum absolute atomic E-state index is 0.0164. The fraction of sp³-hybridized carbons (Fsp3) is 0.600. The standard InChI is InChI=1S/C20H27FN2O3/c1-26-11-10-23-15-20(8-6-18(23)24)7-3-9-22(14-20)19(25)13-16-4-2-5-17(21)12-16/h2,4-5,12H,3,6-11,13-15H2,1H3/t20-/m0/s1.